The van der Waals surface area contributed by atoms with Crippen LogP contribution in [0, 0.1) is 5.92 Å². The summed E-state index contributed by atoms with van der Waals surface area (Å²) in [5, 5.41) is 10.5. The third-order valence-corrected chi connectivity index (χ3v) is 3.09. The molecule has 2 rings (SSSR count). The largest absolute Gasteiger partial charge is 0.384 e. The maximum atomic E-state index is 10.5. The molecule has 0 bridgehead atoms. The Morgan fingerprint density at radius 1 is 0.889 bits per heavy atom. The van der Waals surface area contributed by atoms with Crippen molar-refractivity contribution in [3.63, 3.8) is 0 Å². The quantitative estimate of drug-likeness (QED) is 0.857. The van der Waals surface area contributed by atoms with Gasteiger partial charge in [0.1, 0.15) is 6.10 Å². The molecule has 2 aromatic carbocycles. The molecule has 0 aliphatic carbocycles. The molecule has 94 valence electrons. The van der Waals surface area contributed by atoms with Crippen molar-refractivity contribution in [2.45, 2.75) is 26.4 Å². The molecule has 0 unspecified atom stereocenters. The lowest BCUT2D eigenvalue weighted by atomic mass is 9.92. The van der Waals surface area contributed by atoms with Crippen molar-refractivity contribution in [2.24, 2.45) is 5.92 Å². The molecule has 0 aromatic heterocycles. The molecule has 1 heteroatoms. The summed E-state index contributed by atoms with van der Waals surface area (Å²) in [7, 11) is 0. The molecule has 0 spiro atoms. The number of aliphatic hydroxyl groups is 1. The smallest absolute Gasteiger partial charge is 0.104 e. The normalized spacial score (nSPS) is 12.7. The Morgan fingerprint density at radius 3 is 2.17 bits per heavy atom. The molecule has 2 aromatic rings. The van der Waals surface area contributed by atoms with E-state index in [0.29, 0.717) is 5.92 Å². The molecule has 0 aliphatic rings. The summed E-state index contributed by atoms with van der Waals surface area (Å²) in [6.07, 6.45) is 0.473. The van der Waals surface area contributed by atoms with Crippen LogP contribution < -0.4 is 0 Å². The number of benzene rings is 2. The summed E-state index contributed by atoms with van der Waals surface area (Å²) >= 11 is 0. The highest BCUT2D eigenvalue weighted by Crippen LogP contribution is 2.26. The van der Waals surface area contributed by atoms with Gasteiger partial charge >= 0.3 is 0 Å². The van der Waals surface area contributed by atoms with Crippen molar-refractivity contribution < 1.29 is 5.11 Å². The van der Waals surface area contributed by atoms with Crippen LogP contribution in [0.5, 0.6) is 0 Å². The van der Waals surface area contributed by atoms with Crippen molar-refractivity contribution >= 4 is 0 Å². The summed E-state index contributed by atoms with van der Waals surface area (Å²) in [4.78, 5) is 0. The Kier molecular flexibility index (Phi) is 4.16. The highest BCUT2D eigenvalue weighted by Gasteiger charge is 2.14. The van der Waals surface area contributed by atoms with Gasteiger partial charge in [0, 0.05) is 0 Å². The molecule has 18 heavy (non-hydrogen) atoms. The molecule has 1 nitrogen and oxygen atoms in total. The Bertz CT molecular complexity index is 488. The Labute approximate surface area is 109 Å². The number of hydrogen-bond acceptors (Lipinski definition) is 1. The second-order valence-electron chi connectivity index (χ2n) is 5.11. The first-order valence-electron chi connectivity index (χ1n) is 6.49. The fourth-order valence-electron chi connectivity index (χ4n) is 2.24. The first-order chi connectivity index (χ1) is 8.68. The molecule has 1 atom stereocenters. The summed E-state index contributed by atoms with van der Waals surface area (Å²) in [6.45, 7) is 4.40. The van der Waals surface area contributed by atoms with Gasteiger partial charge in [-0.05, 0) is 29.0 Å². The highest BCUT2D eigenvalue weighted by molar-refractivity contribution is 5.36. The molecule has 0 saturated carbocycles. The zero-order valence-corrected chi connectivity index (χ0v) is 11.0. The van der Waals surface area contributed by atoms with Crippen LogP contribution in [0.15, 0.2) is 54.6 Å². The van der Waals surface area contributed by atoms with Gasteiger partial charge in [0.15, 0.2) is 0 Å². The first-order valence-corrected chi connectivity index (χ1v) is 6.49. The van der Waals surface area contributed by atoms with Gasteiger partial charge in [0.2, 0.25) is 0 Å². The van der Waals surface area contributed by atoms with Crippen molar-refractivity contribution in [2.75, 3.05) is 0 Å². The van der Waals surface area contributed by atoms with E-state index in [9.17, 15) is 5.11 Å². The van der Waals surface area contributed by atoms with E-state index in [4.69, 9.17) is 0 Å². The number of hydrogen-bond donors (Lipinski definition) is 1. The van der Waals surface area contributed by atoms with E-state index in [2.05, 4.69) is 19.9 Å². The van der Waals surface area contributed by atoms with Crippen LogP contribution in [0.3, 0.4) is 0 Å². The van der Waals surface area contributed by atoms with E-state index < -0.39 is 6.10 Å². The zero-order valence-electron chi connectivity index (χ0n) is 11.0. The number of aliphatic hydroxyl groups excluding tert-OH is 1. The third-order valence-electron chi connectivity index (χ3n) is 3.09. The fourth-order valence-corrected chi connectivity index (χ4v) is 2.24. The molecule has 1 N–H and O–H groups in total. The van der Waals surface area contributed by atoms with Crippen molar-refractivity contribution in [1.29, 1.82) is 0 Å². The lowest BCUT2D eigenvalue weighted by Gasteiger charge is -2.17. The molecular formula is C17H20O. The topological polar surface area (TPSA) is 20.2 Å². The average molecular weight is 240 g/mol. The molecule has 0 amide bonds. The second kappa shape index (κ2) is 5.83. The van der Waals surface area contributed by atoms with E-state index in [1.165, 1.54) is 5.56 Å². The lowest BCUT2D eigenvalue weighted by molar-refractivity contribution is 0.219. The van der Waals surface area contributed by atoms with E-state index in [0.717, 1.165) is 17.5 Å². The predicted octanol–water partition coefficient (Wildman–Crippen LogP) is 3.97. The molecule has 0 heterocycles. The van der Waals surface area contributed by atoms with Crippen LogP contribution in [0.2, 0.25) is 0 Å². The number of rotatable bonds is 4. The Hall–Kier alpha value is -1.60. The van der Waals surface area contributed by atoms with Crippen LogP contribution in [-0.4, -0.2) is 5.11 Å². The predicted molar refractivity (Wildman–Crippen MR) is 75.5 cm³/mol. The summed E-state index contributed by atoms with van der Waals surface area (Å²) in [5.41, 5.74) is 3.22. The van der Waals surface area contributed by atoms with Gasteiger partial charge in [-0.1, -0.05) is 68.4 Å². The highest BCUT2D eigenvalue weighted by atomic mass is 16.3. The summed E-state index contributed by atoms with van der Waals surface area (Å²) in [6, 6.07) is 18.0. The molecule has 0 aliphatic heterocycles. The van der Waals surface area contributed by atoms with Crippen LogP contribution in [-0.2, 0) is 6.42 Å². The van der Waals surface area contributed by atoms with Crippen molar-refractivity contribution in [3.8, 4) is 0 Å². The van der Waals surface area contributed by atoms with Crippen molar-refractivity contribution in [3.05, 3.63) is 71.3 Å². The van der Waals surface area contributed by atoms with Gasteiger partial charge in [-0.15, -0.1) is 0 Å². The first kappa shape index (κ1) is 12.8. The third kappa shape index (κ3) is 2.99. The SMILES string of the molecule is CC(C)Cc1ccccc1[C@@H](O)c1ccccc1. The maximum Gasteiger partial charge on any atom is 0.104 e. The lowest BCUT2D eigenvalue weighted by Crippen LogP contribution is -2.05. The molecular weight excluding hydrogens is 220 g/mol. The molecule has 0 saturated heterocycles. The molecule has 0 fully saturated rings. The van der Waals surface area contributed by atoms with Gasteiger partial charge in [-0.25, -0.2) is 0 Å². The minimum Gasteiger partial charge on any atom is -0.384 e. The molecule has 0 radical (unpaired) electrons. The summed E-state index contributed by atoms with van der Waals surface area (Å²) in [5.74, 6) is 0.592. The van der Waals surface area contributed by atoms with E-state index in [1.807, 2.05) is 48.5 Å². The van der Waals surface area contributed by atoms with Crippen LogP contribution in [0.25, 0.3) is 0 Å². The minimum atomic E-state index is -0.527. The van der Waals surface area contributed by atoms with Crippen LogP contribution in [0.4, 0.5) is 0 Å². The Morgan fingerprint density at radius 2 is 1.50 bits per heavy atom. The van der Waals surface area contributed by atoms with E-state index in [1.54, 1.807) is 0 Å². The van der Waals surface area contributed by atoms with E-state index in [-0.39, 0.29) is 0 Å². The summed E-state index contributed by atoms with van der Waals surface area (Å²) < 4.78 is 0. The Balaban J connectivity index is 2.33. The minimum absolute atomic E-state index is 0.527. The van der Waals surface area contributed by atoms with Gasteiger partial charge in [-0.2, -0.15) is 0 Å². The fraction of sp³-hybridized carbons (Fsp3) is 0.294. The second-order valence-corrected chi connectivity index (χ2v) is 5.11. The standard InChI is InChI=1S/C17H20O/c1-13(2)12-15-10-6-7-11-16(15)17(18)14-8-4-3-5-9-14/h3-11,13,17-18H,12H2,1-2H3/t17-/m0/s1. The van der Waals surface area contributed by atoms with Crippen LogP contribution in [0.1, 0.15) is 36.6 Å². The van der Waals surface area contributed by atoms with Gasteiger partial charge in [0.05, 0.1) is 0 Å². The average Bonchev–Trinajstić information content (AvgIpc) is 2.39. The monoisotopic (exact) mass is 240 g/mol. The maximum absolute atomic E-state index is 10.5. The van der Waals surface area contributed by atoms with Crippen molar-refractivity contribution in [1.82, 2.24) is 0 Å². The van der Waals surface area contributed by atoms with Crippen LogP contribution >= 0.6 is 0 Å². The van der Waals surface area contributed by atoms with E-state index >= 15 is 0 Å². The zero-order chi connectivity index (χ0) is 13.0. The van der Waals surface area contributed by atoms with Gasteiger partial charge in [0.25, 0.3) is 0 Å². The van der Waals surface area contributed by atoms with Gasteiger partial charge in [-0.3, -0.25) is 0 Å². The van der Waals surface area contributed by atoms with Gasteiger partial charge < -0.3 is 5.11 Å².